The minimum absolute atomic E-state index is 0.147. The SMILES string of the molecule is CC(=O)c1ncc(C(=O)NCc2ccccc2Oc2cccc(C)c2)s1. The van der Waals surface area contributed by atoms with Crippen LogP contribution in [0.2, 0.25) is 0 Å². The van der Waals surface area contributed by atoms with Gasteiger partial charge in [0.2, 0.25) is 0 Å². The maximum absolute atomic E-state index is 12.3. The Labute approximate surface area is 155 Å². The second-order valence-electron chi connectivity index (χ2n) is 5.79. The van der Waals surface area contributed by atoms with Crippen molar-refractivity contribution in [1.82, 2.24) is 10.3 Å². The third-order valence-electron chi connectivity index (χ3n) is 3.66. The van der Waals surface area contributed by atoms with Crippen LogP contribution in [-0.4, -0.2) is 16.7 Å². The number of nitrogens with zero attached hydrogens (tertiary/aromatic N) is 1. The molecule has 0 aliphatic rings. The van der Waals surface area contributed by atoms with Crippen LogP contribution in [0.25, 0.3) is 0 Å². The van der Waals surface area contributed by atoms with E-state index >= 15 is 0 Å². The van der Waals surface area contributed by atoms with Crippen molar-refractivity contribution in [3.63, 3.8) is 0 Å². The highest BCUT2D eigenvalue weighted by molar-refractivity contribution is 7.15. The third kappa shape index (κ3) is 4.34. The molecule has 0 spiro atoms. The van der Waals surface area contributed by atoms with E-state index in [0.717, 1.165) is 28.2 Å². The summed E-state index contributed by atoms with van der Waals surface area (Å²) in [5.74, 6) is 1.02. The molecule has 3 aromatic rings. The molecule has 0 unspecified atom stereocenters. The molecule has 1 amide bonds. The Balaban J connectivity index is 1.70. The first-order valence-electron chi connectivity index (χ1n) is 8.10. The number of ether oxygens (including phenoxy) is 1. The lowest BCUT2D eigenvalue weighted by Gasteiger charge is -2.12. The molecule has 0 saturated heterocycles. The van der Waals surface area contributed by atoms with E-state index in [-0.39, 0.29) is 11.7 Å². The number of rotatable bonds is 6. The monoisotopic (exact) mass is 366 g/mol. The number of carbonyl (C=O) groups is 2. The van der Waals surface area contributed by atoms with Crippen molar-refractivity contribution in [3.05, 3.63) is 75.7 Å². The summed E-state index contributed by atoms with van der Waals surface area (Å²) < 4.78 is 5.96. The van der Waals surface area contributed by atoms with E-state index in [1.54, 1.807) is 0 Å². The molecule has 0 aliphatic heterocycles. The van der Waals surface area contributed by atoms with Crippen LogP contribution in [0.3, 0.4) is 0 Å². The van der Waals surface area contributed by atoms with Crippen molar-refractivity contribution in [2.45, 2.75) is 20.4 Å². The molecule has 0 aliphatic carbocycles. The van der Waals surface area contributed by atoms with Crippen molar-refractivity contribution in [1.29, 1.82) is 0 Å². The highest BCUT2D eigenvalue weighted by Crippen LogP contribution is 2.26. The smallest absolute Gasteiger partial charge is 0.263 e. The number of thiazole rings is 1. The normalized spacial score (nSPS) is 10.4. The number of benzene rings is 2. The van der Waals surface area contributed by atoms with Gasteiger partial charge in [-0.2, -0.15) is 0 Å². The maximum Gasteiger partial charge on any atom is 0.263 e. The zero-order valence-corrected chi connectivity index (χ0v) is 15.3. The van der Waals surface area contributed by atoms with Gasteiger partial charge in [0.1, 0.15) is 16.4 Å². The quantitative estimate of drug-likeness (QED) is 0.658. The fourth-order valence-electron chi connectivity index (χ4n) is 2.36. The molecule has 0 radical (unpaired) electrons. The summed E-state index contributed by atoms with van der Waals surface area (Å²) in [5, 5.41) is 3.18. The van der Waals surface area contributed by atoms with Gasteiger partial charge >= 0.3 is 0 Å². The number of ketones is 1. The summed E-state index contributed by atoms with van der Waals surface area (Å²) >= 11 is 1.09. The van der Waals surface area contributed by atoms with E-state index in [2.05, 4.69) is 10.3 Å². The molecule has 5 nitrogen and oxygen atoms in total. The summed E-state index contributed by atoms with van der Waals surface area (Å²) in [6, 6.07) is 15.3. The second-order valence-corrected chi connectivity index (χ2v) is 6.83. The Kier molecular flexibility index (Phi) is 5.43. The molecule has 26 heavy (non-hydrogen) atoms. The minimum Gasteiger partial charge on any atom is -0.457 e. The van der Waals surface area contributed by atoms with Crippen LogP contribution in [0, 0.1) is 6.92 Å². The number of carbonyl (C=O) groups excluding carboxylic acids is 2. The van der Waals surface area contributed by atoms with Gasteiger partial charge < -0.3 is 10.1 Å². The van der Waals surface area contributed by atoms with Crippen molar-refractivity contribution >= 4 is 23.0 Å². The van der Waals surface area contributed by atoms with Gasteiger partial charge in [-0.05, 0) is 30.7 Å². The number of aromatic nitrogens is 1. The summed E-state index contributed by atoms with van der Waals surface area (Å²) in [5.41, 5.74) is 1.97. The van der Waals surface area contributed by atoms with E-state index in [1.165, 1.54) is 13.1 Å². The lowest BCUT2D eigenvalue weighted by Crippen LogP contribution is -2.22. The Morgan fingerprint density at radius 1 is 1.15 bits per heavy atom. The van der Waals surface area contributed by atoms with Crippen molar-refractivity contribution in [3.8, 4) is 11.5 Å². The number of amides is 1. The topological polar surface area (TPSA) is 68.3 Å². The van der Waals surface area contributed by atoms with E-state index in [1.807, 2.05) is 55.5 Å². The van der Waals surface area contributed by atoms with Crippen LogP contribution >= 0.6 is 11.3 Å². The fraction of sp³-hybridized carbons (Fsp3) is 0.150. The number of hydrogen-bond donors (Lipinski definition) is 1. The number of aryl methyl sites for hydroxylation is 1. The van der Waals surface area contributed by atoms with Gasteiger partial charge in [-0.25, -0.2) is 4.98 Å². The average Bonchev–Trinajstić information content (AvgIpc) is 3.11. The summed E-state index contributed by atoms with van der Waals surface area (Å²) in [6.07, 6.45) is 1.42. The number of nitrogens with one attached hydrogen (secondary N) is 1. The first-order chi connectivity index (χ1) is 12.5. The predicted molar refractivity (Wildman–Crippen MR) is 101 cm³/mol. The molecule has 0 fully saturated rings. The van der Waals surface area contributed by atoms with Crippen LogP contribution in [0.15, 0.2) is 54.7 Å². The molecule has 0 saturated carbocycles. The van der Waals surface area contributed by atoms with Crippen LogP contribution in [0.5, 0.6) is 11.5 Å². The molecule has 6 heteroatoms. The van der Waals surface area contributed by atoms with Crippen LogP contribution in [-0.2, 0) is 6.54 Å². The zero-order valence-electron chi connectivity index (χ0n) is 14.5. The number of Topliss-reactive ketones (excluding diaryl/α,β-unsaturated/α-hetero) is 1. The summed E-state index contributed by atoms with van der Waals surface area (Å²) in [4.78, 5) is 27.9. The van der Waals surface area contributed by atoms with Gasteiger partial charge in [-0.15, -0.1) is 11.3 Å². The second kappa shape index (κ2) is 7.93. The first-order valence-corrected chi connectivity index (χ1v) is 8.92. The van der Waals surface area contributed by atoms with Gasteiger partial charge in [0.15, 0.2) is 10.8 Å². The molecule has 3 rings (SSSR count). The fourth-order valence-corrected chi connectivity index (χ4v) is 3.09. The molecule has 1 N–H and O–H groups in total. The molecular weight excluding hydrogens is 348 g/mol. The number of para-hydroxylation sites is 1. The van der Waals surface area contributed by atoms with Crippen LogP contribution in [0.4, 0.5) is 0 Å². The standard InChI is InChI=1S/C20H18N2O3S/c1-13-6-5-8-16(10-13)25-17-9-4-3-7-15(17)11-21-19(24)18-12-22-20(26-18)14(2)23/h3-10,12H,11H2,1-2H3,(H,21,24). The van der Waals surface area contributed by atoms with Crippen molar-refractivity contribution in [2.24, 2.45) is 0 Å². The highest BCUT2D eigenvalue weighted by Gasteiger charge is 2.13. The minimum atomic E-state index is -0.264. The Bertz CT molecular complexity index is 949. The van der Waals surface area contributed by atoms with Gasteiger partial charge in [-0.1, -0.05) is 30.3 Å². The molecule has 1 heterocycles. The summed E-state index contributed by atoms with van der Waals surface area (Å²) in [7, 11) is 0. The molecule has 132 valence electrons. The molecular formula is C20H18N2O3S. The average molecular weight is 366 g/mol. The molecule has 0 atom stereocenters. The van der Waals surface area contributed by atoms with Crippen molar-refractivity contribution in [2.75, 3.05) is 0 Å². The molecule has 1 aromatic heterocycles. The zero-order chi connectivity index (χ0) is 18.5. The Hall–Kier alpha value is -2.99. The first kappa shape index (κ1) is 17.8. The van der Waals surface area contributed by atoms with Gasteiger partial charge in [0.05, 0.1) is 6.20 Å². The lowest BCUT2D eigenvalue weighted by molar-refractivity contribution is 0.0953. The van der Waals surface area contributed by atoms with E-state index < -0.39 is 0 Å². The third-order valence-corrected chi connectivity index (χ3v) is 4.76. The lowest BCUT2D eigenvalue weighted by atomic mass is 10.2. The van der Waals surface area contributed by atoms with E-state index in [0.29, 0.717) is 22.2 Å². The Morgan fingerprint density at radius 2 is 1.96 bits per heavy atom. The predicted octanol–water partition coefficient (Wildman–Crippen LogP) is 4.38. The van der Waals surface area contributed by atoms with E-state index in [9.17, 15) is 9.59 Å². The Morgan fingerprint density at radius 3 is 2.69 bits per heavy atom. The molecule has 0 bridgehead atoms. The van der Waals surface area contributed by atoms with E-state index in [4.69, 9.17) is 4.74 Å². The summed E-state index contributed by atoms with van der Waals surface area (Å²) in [6.45, 7) is 3.75. The van der Waals surface area contributed by atoms with Gasteiger partial charge in [0.25, 0.3) is 5.91 Å². The maximum atomic E-state index is 12.3. The van der Waals surface area contributed by atoms with Crippen molar-refractivity contribution < 1.29 is 14.3 Å². The highest BCUT2D eigenvalue weighted by atomic mass is 32.1. The van der Waals surface area contributed by atoms with Crippen LogP contribution in [0.1, 0.15) is 37.5 Å². The van der Waals surface area contributed by atoms with Crippen LogP contribution < -0.4 is 10.1 Å². The van der Waals surface area contributed by atoms with Gasteiger partial charge in [-0.3, -0.25) is 9.59 Å². The van der Waals surface area contributed by atoms with Gasteiger partial charge in [0, 0.05) is 19.0 Å². The molecule has 2 aromatic carbocycles. The largest absolute Gasteiger partial charge is 0.457 e. The number of hydrogen-bond acceptors (Lipinski definition) is 5.